The van der Waals surface area contributed by atoms with Crippen LogP contribution < -0.4 is 0 Å². The maximum atomic E-state index is 4.05. The molecule has 3 heteroatoms. The van der Waals surface area contributed by atoms with Crippen molar-refractivity contribution in [3.05, 3.63) is 23.8 Å². The Morgan fingerprint density at radius 3 is 2.70 bits per heavy atom. The van der Waals surface area contributed by atoms with Gasteiger partial charge in [0.25, 0.3) is 0 Å². The molecule has 1 aromatic rings. The molecule has 2 nitrogen and oxygen atoms in total. The van der Waals surface area contributed by atoms with Crippen molar-refractivity contribution in [1.82, 2.24) is 9.97 Å². The van der Waals surface area contributed by atoms with Crippen molar-refractivity contribution in [3.8, 4) is 0 Å². The molecule has 1 radical (unpaired) electrons. The fourth-order valence-electron chi connectivity index (χ4n) is 0.552. The van der Waals surface area contributed by atoms with Gasteiger partial charge in [0.1, 0.15) is 0 Å². The van der Waals surface area contributed by atoms with Gasteiger partial charge < -0.3 is 9.97 Å². The Hall–Kier alpha value is 0.184. The Bertz CT molecular complexity index is 183. The molecule has 0 spiro atoms. The Morgan fingerprint density at radius 2 is 2.30 bits per heavy atom. The summed E-state index contributed by atoms with van der Waals surface area (Å²) in [6.07, 6.45) is 5.51. The number of aryl methyl sites for hydroxylation is 2. The number of nitrogens with zero attached hydrogens (tertiary/aromatic N) is 2. The summed E-state index contributed by atoms with van der Waals surface area (Å²) in [6.45, 7) is 3.96. The van der Waals surface area contributed by atoms with Gasteiger partial charge in [-0.15, -0.1) is 5.56 Å². The molecule has 0 aliphatic carbocycles. The average molecular weight is 210 g/mol. The predicted molar refractivity (Wildman–Crippen MR) is 35.0 cm³/mol. The van der Waals surface area contributed by atoms with Crippen molar-refractivity contribution >= 4 is 0 Å². The molecule has 1 rings (SSSR count). The van der Waals surface area contributed by atoms with Crippen LogP contribution in [0, 0.1) is 13.1 Å². The van der Waals surface area contributed by atoms with Crippen LogP contribution in [0.2, 0.25) is 0 Å². The van der Waals surface area contributed by atoms with Gasteiger partial charge in [-0.3, -0.25) is 0 Å². The summed E-state index contributed by atoms with van der Waals surface area (Å²) in [4.78, 5) is 8.02. The molecule has 0 saturated carbocycles. The van der Waals surface area contributed by atoms with E-state index in [2.05, 4.69) is 16.2 Å². The van der Waals surface area contributed by atoms with E-state index < -0.39 is 0 Å². The quantitative estimate of drug-likeness (QED) is 0.649. The fourth-order valence-corrected chi connectivity index (χ4v) is 0.552. The summed E-state index contributed by atoms with van der Waals surface area (Å²) in [5.74, 6) is 0.862. The number of hydrogen-bond acceptors (Lipinski definition) is 2. The summed E-state index contributed by atoms with van der Waals surface area (Å²) in [6, 6.07) is 0. The normalized spacial score (nSPS) is 8.60. The molecule has 0 atom stereocenters. The summed E-state index contributed by atoms with van der Waals surface area (Å²) in [5, 5.41) is 0. The van der Waals surface area contributed by atoms with Crippen LogP contribution in [0.15, 0.2) is 6.20 Å². The molecule has 1 heterocycles. The maximum Gasteiger partial charge on any atom is 0.0133 e. The Labute approximate surface area is 86.3 Å². The van der Waals surface area contributed by atoms with Gasteiger partial charge in [0.05, 0.1) is 0 Å². The van der Waals surface area contributed by atoms with Crippen LogP contribution in [-0.2, 0) is 39.1 Å². The molecule has 10 heavy (non-hydrogen) atoms. The minimum atomic E-state index is 0. The number of hydrogen-bond donors (Lipinski definition) is 0. The zero-order chi connectivity index (χ0) is 6.69. The fraction of sp³-hybridized carbons (Fsp3) is 0.429. The van der Waals surface area contributed by atoms with Crippen LogP contribution in [0.3, 0.4) is 0 Å². The number of rotatable bonds is 1. The molecule has 0 aliphatic heterocycles. The van der Waals surface area contributed by atoms with E-state index in [9.17, 15) is 0 Å². The monoisotopic (exact) mass is 210 g/mol. The minimum Gasteiger partial charge on any atom is -0.373 e. The van der Waals surface area contributed by atoms with Crippen molar-refractivity contribution in [2.75, 3.05) is 0 Å². The third kappa shape index (κ3) is 2.85. The predicted octanol–water partition coefficient (Wildman–Crippen LogP) is 1.15. The molecule has 1 aromatic heterocycles. The SMILES string of the molecule is CCc1n[c-]c(C)cn1.[Y]. The molecule has 0 saturated heterocycles. The van der Waals surface area contributed by atoms with Crippen LogP contribution in [0.4, 0.5) is 0 Å². The van der Waals surface area contributed by atoms with E-state index in [1.54, 1.807) is 6.20 Å². The van der Waals surface area contributed by atoms with Gasteiger partial charge in [-0.05, 0) is 6.42 Å². The van der Waals surface area contributed by atoms with Crippen molar-refractivity contribution in [1.29, 1.82) is 0 Å². The van der Waals surface area contributed by atoms with E-state index in [0.717, 1.165) is 17.8 Å². The van der Waals surface area contributed by atoms with Crippen molar-refractivity contribution in [3.63, 3.8) is 0 Å². The molecule has 0 aromatic carbocycles. The van der Waals surface area contributed by atoms with Crippen LogP contribution in [0.25, 0.3) is 0 Å². The van der Waals surface area contributed by atoms with Gasteiger partial charge in [-0.2, -0.15) is 0 Å². The second kappa shape index (κ2) is 4.92. The Kier molecular flexibility index (Phi) is 5.01. The van der Waals surface area contributed by atoms with E-state index in [4.69, 9.17) is 0 Å². The van der Waals surface area contributed by atoms with Gasteiger partial charge >= 0.3 is 0 Å². The summed E-state index contributed by atoms with van der Waals surface area (Å²) >= 11 is 0. The maximum absolute atomic E-state index is 4.05. The van der Waals surface area contributed by atoms with Crippen molar-refractivity contribution < 1.29 is 32.7 Å². The van der Waals surface area contributed by atoms with Crippen molar-refractivity contribution in [2.45, 2.75) is 20.3 Å². The Balaban J connectivity index is 0.000000810. The first-order valence-electron chi connectivity index (χ1n) is 3.03. The van der Waals surface area contributed by atoms with Gasteiger partial charge in [0.2, 0.25) is 0 Å². The summed E-state index contributed by atoms with van der Waals surface area (Å²) in [7, 11) is 0. The molecular formula is C7H9N2Y-. The molecule has 0 bridgehead atoms. The molecule has 51 valence electrons. The van der Waals surface area contributed by atoms with Gasteiger partial charge in [0, 0.05) is 38.5 Å². The smallest absolute Gasteiger partial charge is 0.0133 e. The zero-order valence-electron chi connectivity index (χ0n) is 6.26. The molecule has 0 aliphatic rings. The van der Waals surface area contributed by atoms with E-state index in [1.807, 2.05) is 13.8 Å². The minimum absolute atomic E-state index is 0. The first kappa shape index (κ1) is 10.2. The standard InChI is InChI=1S/C7H9N2.Y/c1-3-7-8-4-6(2)5-9-7;/h4H,3H2,1-2H3;/q-1;. The van der Waals surface area contributed by atoms with E-state index in [0.29, 0.717) is 0 Å². The Morgan fingerprint density at radius 1 is 1.60 bits per heavy atom. The average Bonchev–Trinajstić information content (AvgIpc) is 1.90. The van der Waals surface area contributed by atoms with Gasteiger partial charge in [-0.25, -0.2) is 0 Å². The third-order valence-corrected chi connectivity index (χ3v) is 1.08. The van der Waals surface area contributed by atoms with E-state index in [1.165, 1.54) is 0 Å². The second-order valence-corrected chi connectivity index (χ2v) is 1.93. The molecular weight excluding hydrogens is 201 g/mol. The van der Waals surface area contributed by atoms with Crippen LogP contribution in [0.5, 0.6) is 0 Å². The molecule has 0 N–H and O–H groups in total. The third-order valence-electron chi connectivity index (χ3n) is 1.08. The van der Waals surface area contributed by atoms with E-state index in [-0.39, 0.29) is 32.7 Å². The topological polar surface area (TPSA) is 25.8 Å². The largest absolute Gasteiger partial charge is 0.373 e. The van der Waals surface area contributed by atoms with E-state index >= 15 is 0 Å². The van der Waals surface area contributed by atoms with Crippen LogP contribution >= 0.6 is 0 Å². The molecule has 0 fully saturated rings. The van der Waals surface area contributed by atoms with Crippen molar-refractivity contribution in [2.24, 2.45) is 0 Å². The summed E-state index contributed by atoms with van der Waals surface area (Å²) < 4.78 is 0. The van der Waals surface area contributed by atoms with Crippen LogP contribution in [0.1, 0.15) is 18.3 Å². The zero-order valence-corrected chi connectivity index (χ0v) is 9.09. The van der Waals surface area contributed by atoms with Gasteiger partial charge in [-0.1, -0.05) is 26.2 Å². The first-order valence-corrected chi connectivity index (χ1v) is 3.03. The number of aromatic nitrogens is 2. The van der Waals surface area contributed by atoms with Crippen LogP contribution in [-0.4, -0.2) is 9.97 Å². The van der Waals surface area contributed by atoms with Gasteiger partial charge in [0.15, 0.2) is 0 Å². The summed E-state index contributed by atoms with van der Waals surface area (Å²) in [5.41, 5.74) is 0.993. The molecule has 0 unspecified atom stereocenters. The molecule has 0 amide bonds. The second-order valence-electron chi connectivity index (χ2n) is 1.93. The first-order chi connectivity index (χ1) is 4.33.